The van der Waals surface area contributed by atoms with Gasteiger partial charge in [0.15, 0.2) is 0 Å². The minimum absolute atomic E-state index is 0.0432. The number of rotatable bonds is 3. The topological polar surface area (TPSA) is 17.1 Å². The Morgan fingerprint density at radius 2 is 2.20 bits per heavy atom. The molecule has 15 heavy (non-hydrogen) atoms. The van der Waals surface area contributed by atoms with Crippen LogP contribution in [0.1, 0.15) is 36.8 Å². The van der Waals surface area contributed by atoms with Gasteiger partial charge in [0.2, 0.25) is 0 Å². The molecule has 80 valence electrons. The average molecular weight is 210 g/mol. The van der Waals surface area contributed by atoms with Crippen LogP contribution in [0.25, 0.3) is 0 Å². The lowest BCUT2D eigenvalue weighted by molar-refractivity contribution is -0.118. The maximum absolute atomic E-state index is 12.4. The first-order valence-corrected chi connectivity index (χ1v) is 4.98. The molecule has 0 saturated heterocycles. The number of hydrogen-bond acceptors (Lipinski definition) is 1. The summed E-state index contributed by atoms with van der Waals surface area (Å²) in [5, 5.41) is 0. The van der Waals surface area contributed by atoms with Crippen LogP contribution in [0.2, 0.25) is 0 Å². The summed E-state index contributed by atoms with van der Waals surface area (Å²) < 4.78 is 24.8. The molecule has 3 heteroatoms. The first-order chi connectivity index (χ1) is 7.09. The fourth-order valence-corrected chi connectivity index (χ4v) is 1.94. The molecule has 0 spiro atoms. The summed E-state index contributed by atoms with van der Waals surface area (Å²) in [6.45, 7) is 1.56. The largest absolute Gasteiger partial charge is 0.300 e. The second kappa shape index (κ2) is 3.72. The molecule has 1 aromatic rings. The van der Waals surface area contributed by atoms with Gasteiger partial charge in [0.1, 0.15) is 5.78 Å². The molecule has 2 unspecified atom stereocenters. The molecular weight excluding hydrogens is 198 g/mol. The summed E-state index contributed by atoms with van der Waals surface area (Å²) in [4.78, 5) is 11.1. The van der Waals surface area contributed by atoms with E-state index in [9.17, 15) is 13.6 Å². The molecule has 2 rings (SSSR count). The van der Waals surface area contributed by atoms with Crippen LogP contribution in [-0.4, -0.2) is 5.78 Å². The number of carbonyl (C=O) groups is 1. The van der Waals surface area contributed by atoms with Gasteiger partial charge >= 0.3 is 0 Å². The smallest absolute Gasteiger partial charge is 0.263 e. The lowest BCUT2D eigenvalue weighted by Gasteiger charge is -2.03. The Morgan fingerprint density at radius 3 is 2.73 bits per heavy atom. The van der Waals surface area contributed by atoms with Crippen LogP contribution in [-0.2, 0) is 4.79 Å². The predicted molar refractivity (Wildman–Crippen MR) is 52.9 cm³/mol. The van der Waals surface area contributed by atoms with E-state index in [0.717, 1.165) is 12.0 Å². The van der Waals surface area contributed by atoms with Crippen molar-refractivity contribution in [2.75, 3.05) is 0 Å². The van der Waals surface area contributed by atoms with Crippen LogP contribution in [0, 0.1) is 5.92 Å². The molecule has 1 aliphatic carbocycles. The number of benzene rings is 1. The van der Waals surface area contributed by atoms with E-state index in [0.29, 0.717) is 0 Å². The number of Topliss-reactive ketones (excluding diaryl/α,β-unsaturated/α-hetero) is 1. The molecular formula is C12H12F2O. The van der Waals surface area contributed by atoms with Gasteiger partial charge in [-0.3, -0.25) is 4.79 Å². The predicted octanol–water partition coefficient (Wildman–Crippen LogP) is 3.32. The molecule has 1 aromatic carbocycles. The number of carbonyl (C=O) groups excluding carboxylic acids is 1. The quantitative estimate of drug-likeness (QED) is 0.748. The highest BCUT2D eigenvalue weighted by Gasteiger charge is 2.41. The molecule has 0 amide bonds. The van der Waals surface area contributed by atoms with E-state index in [-0.39, 0.29) is 23.2 Å². The minimum atomic E-state index is -2.43. The maximum atomic E-state index is 12.4. The molecule has 0 N–H and O–H groups in total. The Bertz CT molecular complexity index is 387. The van der Waals surface area contributed by atoms with Crippen LogP contribution >= 0.6 is 0 Å². The third-order valence-electron chi connectivity index (χ3n) is 2.90. The third kappa shape index (κ3) is 2.06. The van der Waals surface area contributed by atoms with Crippen molar-refractivity contribution in [3.05, 3.63) is 35.4 Å². The van der Waals surface area contributed by atoms with E-state index in [1.165, 1.54) is 12.1 Å². The summed E-state index contributed by atoms with van der Waals surface area (Å²) in [5.74, 6) is 0.376. The molecule has 1 aliphatic rings. The minimum Gasteiger partial charge on any atom is -0.300 e. The molecule has 0 radical (unpaired) electrons. The second-order valence-electron chi connectivity index (χ2n) is 4.03. The lowest BCUT2D eigenvalue weighted by atomic mass is 10.1. The van der Waals surface area contributed by atoms with Crippen molar-refractivity contribution in [3.63, 3.8) is 0 Å². The van der Waals surface area contributed by atoms with Gasteiger partial charge in [0, 0.05) is 11.5 Å². The Morgan fingerprint density at radius 1 is 1.47 bits per heavy atom. The highest BCUT2D eigenvalue weighted by Crippen LogP contribution is 2.48. The Labute approximate surface area is 87.1 Å². The summed E-state index contributed by atoms with van der Waals surface area (Å²) >= 11 is 0. The lowest BCUT2D eigenvalue weighted by Crippen LogP contribution is -1.95. The van der Waals surface area contributed by atoms with Crippen LogP contribution in [0.4, 0.5) is 8.78 Å². The highest BCUT2D eigenvalue weighted by molar-refractivity contribution is 5.82. The van der Waals surface area contributed by atoms with Crippen LogP contribution < -0.4 is 0 Å². The van der Waals surface area contributed by atoms with E-state index >= 15 is 0 Å². The van der Waals surface area contributed by atoms with Crippen LogP contribution in [0.5, 0.6) is 0 Å². The van der Waals surface area contributed by atoms with Gasteiger partial charge in [0.05, 0.1) is 0 Å². The second-order valence-corrected chi connectivity index (χ2v) is 4.03. The van der Waals surface area contributed by atoms with Crippen molar-refractivity contribution in [1.29, 1.82) is 0 Å². The van der Waals surface area contributed by atoms with E-state index in [2.05, 4.69) is 0 Å². The molecule has 2 atom stereocenters. The number of alkyl halides is 2. The van der Waals surface area contributed by atoms with Gasteiger partial charge in [-0.1, -0.05) is 18.2 Å². The van der Waals surface area contributed by atoms with Crippen molar-refractivity contribution < 1.29 is 13.6 Å². The first kappa shape index (κ1) is 10.3. The molecule has 0 aliphatic heterocycles. The van der Waals surface area contributed by atoms with Crippen molar-refractivity contribution in [1.82, 2.24) is 0 Å². The van der Waals surface area contributed by atoms with E-state index in [4.69, 9.17) is 0 Å². The summed E-state index contributed by atoms with van der Waals surface area (Å²) in [6, 6.07) is 6.38. The molecule has 0 heterocycles. The standard InChI is InChI=1S/C12H12F2O/c1-7(15)10-6-11(10)8-3-2-4-9(5-8)12(13)14/h2-5,10-12H,6H2,1H3. The average Bonchev–Trinajstić information content (AvgIpc) is 2.97. The third-order valence-corrected chi connectivity index (χ3v) is 2.90. The van der Waals surface area contributed by atoms with Gasteiger partial charge in [-0.25, -0.2) is 8.78 Å². The van der Waals surface area contributed by atoms with Gasteiger partial charge in [-0.2, -0.15) is 0 Å². The Balaban J connectivity index is 2.17. The molecule has 0 bridgehead atoms. The van der Waals surface area contributed by atoms with Crippen molar-refractivity contribution in [3.8, 4) is 0 Å². The zero-order chi connectivity index (χ0) is 11.0. The van der Waals surface area contributed by atoms with Crippen LogP contribution in [0.3, 0.4) is 0 Å². The summed E-state index contributed by atoms with van der Waals surface area (Å²) in [5.41, 5.74) is 0.912. The highest BCUT2D eigenvalue weighted by atomic mass is 19.3. The van der Waals surface area contributed by atoms with Crippen LogP contribution in [0.15, 0.2) is 24.3 Å². The van der Waals surface area contributed by atoms with E-state index in [1.807, 2.05) is 6.07 Å². The fourth-order valence-electron chi connectivity index (χ4n) is 1.94. The van der Waals surface area contributed by atoms with E-state index in [1.54, 1.807) is 13.0 Å². The first-order valence-electron chi connectivity index (χ1n) is 4.98. The molecule has 1 nitrogen and oxygen atoms in total. The molecule has 0 aromatic heterocycles. The number of hydrogen-bond donors (Lipinski definition) is 0. The van der Waals surface area contributed by atoms with Crippen molar-refractivity contribution >= 4 is 5.78 Å². The fraction of sp³-hybridized carbons (Fsp3) is 0.417. The molecule has 1 saturated carbocycles. The molecule has 1 fully saturated rings. The van der Waals surface area contributed by atoms with E-state index < -0.39 is 6.43 Å². The number of halogens is 2. The zero-order valence-corrected chi connectivity index (χ0v) is 8.41. The normalized spacial score (nSPS) is 24.3. The van der Waals surface area contributed by atoms with Gasteiger partial charge in [0.25, 0.3) is 6.43 Å². The van der Waals surface area contributed by atoms with Gasteiger partial charge < -0.3 is 0 Å². The Kier molecular flexibility index (Phi) is 2.55. The van der Waals surface area contributed by atoms with Crippen molar-refractivity contribution in [2.45, 2.75) is 25.7 Å². The monoisotopic (exact) mass is 210 g/mol. The SMILES string of the molecule is CC(=O)C1CC1c1cccc(C(F)F)c1. The maximum Gasteiger partial charge on any atom is 0.263 e. The van der Waals surface area contributed by atoms with Gasteiger partial charge in [-0.05, 0) is 30.9 Å². The summed E-state index contributed by atoms with van der Waals surface area (Å²) in [6.07, 6.45) is -1.62. The number of ketones is 1. The van der Waals surface area contributed by atoms with Gasteiger partial charge in [-0.15, -0.1) is 0 Å². The zero-order valence-electron chi connectivity index (χ0n) is 8.41. The summed E-state index contributed by atoms with van der Waals surface area (Å²) in [7, 11) is 0. The van der Waals surface area contributed by atoms with Crippen molar-refractivity contribution in [2.24, 2.45) is 5.92 Å². The Hall–Kier alpha value is -1.25.